The standard InChI is InChI=1S/C23H42O7Si/c1-11-28-21(26)18(25)12-17(24)13-23(27-8)14-19(16(4)20(29-23)15(2)3)30-31(9,10)22(5,6)7/h12,15-16,19-20,25H,11,13-14H2,1-10H3/b18-12-/t16-,19+,20+,23?/m0/s1. The highest BCUT2D eigenvalue weighted by Gasteiger charge is 2.51. The molecule has 1 saturated heterocycles. The molecule has 0 bridgehead atoms. The third kappa shape index (κ3) is 7.13. The van der Waals surface area contributed by atoms with Crippen LogP contribution in [0, 0.1) is 11.8 Å². The van der Waals surface area contributed by atoms with Gasteiger partial charge in [-0.05, 0) is 31.0 Å². The average Bonchev–Trinajstić information content (AvgIpc) is 2.63. The lowest BCUT2D eigenvalue weighted by Crippen LogP contribution is -2.58. The first-order chi connectivity index (χ1) is 14.1. The molecule has 0 aromatic heterocycles. The maximum atomic E-state index is 12.7. The summed E-state index contributed by atoms with van der Waals surface area (Å²) in [5.74, 6) is -3.02. The van der Waals surface area contributed by atoms with Crippen LogP contribution in [0.5, 0.6) is 0 Å². The number of rotatable bonds is 9. The summed E-state index contributed by atoms with van der Waals surface area (Å²) in [5, 5.41) is 9.89. The Morgan fingerprint density at radius 2 is 1.87 bits per heavy atom. The van der Waals surface area contributed by atoms with Gasteiger partial charge in [-0.3, -0.25) is 4.79 Å². The van der Waals surface area contributed by atoms with Crippen molar-refractivity contribution in [2.75, 3.05) is 13.7 Å². The number of carbonyl (C=O) groups excluding carboxylic acids is 2. The van der Waals surface area contributed by atoms with E-state index in [1.54, 1.807) is 6.92 Å². The molecule has 1 fully saturated rings. The van der Waals surface area contributed by atoms with Gasteiger partial charge in [-0.2, -0.15) is 0 Å². The molecule has 8 heteroatoms. The lowest BCUT2D eigenvalue weighted by Gasteiger charge is -2.51. The molecule has 1 aliphatic rings. The fourth-order valence-electron chi connectivity index (χ4n) is 3.61. The lowest BCUT2D eigenvalue weighted by molar-refractivity contribution is -0.303. The molecule has 1 heterocycles. The number of hydrogen-bond donors (Lipinski definition) is 1. The number of ketones is 1. The van der Waals surface area contributed by atoms with Crippen molar-refractivity contribution in [2.24, 2.45) is 11.8 Å². The van der Waals surface area contributed by atoms with E-state index in [-0.39, 0.29) is 42.1 Å². The maximum absolute atomic E-state index is 12.7. The van der Waals surface area contributed by atoms with Gasteiger partial charge >= 0.3 is 5.97 Å². The van der Waals surface area contributed by atoms with Crippen molar-refractivity contribution in [3.63, 3.8) is 0 Å². The molecule has 1 N–H and O–H groups in total. The molecule has 7 nitrogen and oxygen atoms in total. The Morgan fingerprint density at radius 1 is 1.29 bits per heavy atom. The van der Waals surface area contributed by atoms with Crippen molar-refractivity contribution >= 4 is 20.1 Å². The van der Waals surface area contributed by atoms with E-state index < -0.39 is 31.6 Å². The van der Waals surface area contributed by atoms with E-state index in [1.807, 2.05) is 0 Å². The van der Waals surface area contributed by atoms with Crippen LogP contribution in [-0.4, -0.2) is 56.9 Å². The van der Waals surface area contributed by atoms with E-state index in [2.05, 4.69) is 54.6 Å². The predicted octanol–water partition coefficient (Wildman–Crippen LogP) is 4.76. The van der Waals surface area contributed by atoms with E-state index in [9.17, 15) is 14.7 Å². The minimum absolute atomic E-state index is 0.0398. The molecule has 31 heavy (non-hydrogen) atoms. The number of aliphatic hydroxyl groups is 1. The Bertz CT molecular complexity index is 665. The fourth-order valence-corrected chi connectivity index (χ4v) is 5.01. The SMILES string of the molecule is CCOC(=O)/C(O)=C/C(=O)CC1(OC)C[C@@H](O[Si](C)(C)C(C)(C)C)[C@H](C)[C@@H](C(C)C)O1. The summed E-state index contributed by atoms with van der Waals surface area (Å²) < 4.78 is 23.6. The molecular formula is C23H42O7Si. The Morgan fingerprint density at radius 3 is 2.32 bits per heavy atom. The minimum Gasteiger partial charge on any atom is -0.502 e. The van der Waals surface area contributed by atoms with Crippen LogP contribution in [0.4, 0.5) is 0 Å². The van der Waals surface area contributed by atoms with Gasteiger partial charge < -0.3 is 23.7 Å². The molecule has 1 rings (SSSR count). The second-order valence-electron chi connectivity index (χ2n) is 10.3. The molecule has 0 saturated carbocycles. The normalized spacial score (nSPS) is 28.0. The Balaban J connectivity index is 3.19. The molecular weight excluding hydrogens is 416 g/mol. The van der Waals surface area contributed by atoms with Gasteiger partial charge in [0.1, 0.15) is 0 Å². The van der Waals surface area contributed by atoms with Crippen LogP contribution < -0.4 is 0 Å². The molecule has 0 amide bonds. The fraction of sp³-hybridized carbons (Fsp3) is 0.826. The molecule has 1 aliphatic heterocycles. The Labute approximate surface area is 188 Å². The largest absolute Gasteiger partial charge is 0.502 e. The van der Waals surface area contributed by atoms with Crippen molar-refractivity contribution < 1.29 is 33.3 Å². The molecule has 4 atom stereocenters. The second kappa shape index (κ2) is 10.6. The number of aliphatic hydroxyl groups excluding tert-OH is 1. The third-order valence-electron chi connectivity index (χ3n) is 6.47. The van der Waals surface area contributed by atoms with Gasteiger partial charge in [0.2, 0.25) is 5.76 Å². The van der Waals surface area contributed by atoms with E-state index in [0.717, 1.165) is 6.08 Å². The maximum Gasteiger partial charge on any atom is 0.373 e. The van der Waals surface area contributed by atoms with E-state index in [4.69, 9.17) is 18.6 Å². The number of esters is 1. The van der Waals surface area contributed by atoms with Crippen molar-refractivity contribution in [3.05, 3.63) is 11.8 Å². The van der Waals surface area contributed by atoms with Gasteiger partial charge in [0, 0.05) is 25.5 Å². The predicted molar refractivity (Wildman–Crippen MR) is 122 cm³/mol. The summed E-state index contributed by atoms with van der Waals surface area (Å²) in [6.45, 7) is 19.0. The van der Waals surface area contributed by atoms with Crippen LogP contribution >= 0.6 is 0 Å². The zero-order chi connectivity index (χ0) is 24.2. The van der Waals surface area contributed by atoms with Crippen LogP contribution in [0.3, 0.4) is 0 Å². The second-order valence-corrected chi connectivity index (χ2v) is 15.1. The molecule has 0 spiro atoms. The summed E-state index contributed by atoms with van der Waals surface area (Å²) in [4.78, 5) is 24.3. The van der Waals surface area contributed by atoms with Gasteiger partial charge in [-0.25, -0.2) is 4.79 Å². The Kier molecular flexibility index (Phi) is 9.51. The van der Waals surface area contributed by atoms with Gasteiger partial charge in [-0.15, -0.1) is 0 Å². The molecule has 0 radical (unpaired) electrons. The van der Waals surface area contributed by atoms with Crippen molar-refractivity contribution in [1.82, 2.24) is 0 Å². The third-order valence-corrected chi connectivity index (χ3v) is 11.0. The molecule has 0 aromatic rings. The zero-order valence-corrected chi connectivity index (χ0v) is 21.9. The monoisotopic (exact) mass is 458 g/mol. The molecule has 180 valence electrons. The quantitative estimate of drug-likeness (QED) is 0.230. The molecule has 0 aromatic carbocycles. The number of allylic oxidation sites excluding steroid dienone is 1. The number of methoxy groups -OCH3 is 1. The van der Waals surface area contributed by atoms with Crippen LogP contribution in [0.15, 0.2) is 11.8 Å². The van der Waals surface area contributed by atoms with E-state index in [0.29, 0.717) is 6.42 Å². The summed E-state index contributed by atoms with van der Waals surface area (Å²) in [5.41, 5.74) is 0. The molecule has 0 aliphatic carbocycles. The highest BCUT2D eigenvalue weighted by molar-refractivity contribution is 6.74. The number of carbonyl (C=O) groups is 2. The van der Waals surface area contributed by atoms with Gasteiger partial charge in [0.05, 0.1) is 25.2 Å². The van der Waals surface area contributed by atoms with Gasteiger partial charge in [0.25, 0.3) is 0 Å². The summed E-state index contributed by atoms with van der Waals surface area (Å²) in [6.07, 6.45) is 0.825. The first kappa shape index (κ1) is 27.8. The van der Waals surface area contributed by atoms with Crippen LogP contribution in [-0.2, 0) is 28.2 Å². The van der Waals surface area contributed by atoms with Crippen LogP contribution in [0.25, 0.3) is 0 Å². The van der Waals surface area contributed by atoms with Crippen LogP contribution in [0.2, 0.25) is 18.1 Å². The number of hydrogen-bond acceptors (Lipinski definition) is 7. The van der Waals surface area contributed by atoms with Crippen molar-refractivity contribution in [3.8, 4) is 0 Å². The van der Waals surface area contributed by atoms with Crippen molar-refractivity contribution in [1.29, 1.82) is 0 Å². The summed E-state index contributed by atoms with van der Waals surface area (Å²) >= 11 is 0. The topological polar surface area (TPSA) is 91.3 Å². The van der Waals surface area contributed by atoms with Gasteiger partial charge in [-0.1, -0.05) is 41.5 Å². The van der Waals surface area contributed by atoms with Gasteiger partial charge in [0.15, 0.2) is 19.9 Å². The minimum atomic E-state index is -2.07. The first-order valence-corrected chi connectivity index (χ1v) is 14.0. The zero-order valence-electron chi connectivity index (χ0n) is 20.9. The Hall–Kier alpha value is -1.22. The highest BCUT2D eigenvalue weighted by Crippen LogP contribution is 2.44. The van der Waals surface area contributed by atoms with E-state index >= 15 is 0 Å². The summed E-state index contributed by atoms with van der Waals surface area (Å²) in [6, 6.07) is 0. The van der Waals surface area contributed by atoms with E-state index in [1.165, 1.54) is 7.11 Å². The average molecular weight is 459 g/mol. The lowest BCUT2D eigenvalue weighted by atomic mass is 9.82. The smallest absolute Gasteiger partial charge is 0.373 e. The first-order valence-electron chi connectivity index (χ1n) is 11.1. The van der Waals surface area contributed by atoms with Crippen LogP contribution in [0.1, 0.15) is 61.3 Å². The summed E-state index contributed by atoms with van der Waals surface area (Å²) in [7, 11) is -0.560. The van der Waals surface area contributed by atoms with Crippen molar-refractivity contribution in [2.45, 2.75) is 97.4 Å². The number of ether oxygens (including phenoxy) is 3. The molecule has 1 unspecified atom stereocenters. The highest BCUT2D eigenvalue weighted by atomic mass is 28.4.